The zero-order chi connectivity index (χ0) is 14.7. The van der Waals surface area contributed by atoms with Gasteiger partial charge in [0.2, 0.25) is 0 Å². The van der Waals surface area contributed by atoms with Gasteiger partial charge in [-0.3, -0.25) is 11.3 Å². The number of halogens is 1. The molecule has 0 amide bonds. The highest BCUT2D eigenvalue weighted by Crippen LogP contribution is 2.34. The Bertz CT molecular complexity index is 600. The first-order valence-corrected chi connectivity index (χ1v) is 7.56. The fourth-order valence-corrected chi connectivity index (χ4v) is 3.01. The van der Waals surface area contributed by atoms with Crippen molar-refractivity contribution in [3.8, 4) is 0 Å². The Balaban J connectivity index is 1.80. The van der Waals surface area contributed by atoms with E-state index in [1.54, 1.807) is 0 Å². The first-order valence-electron chi connectivity index (χ1n) is 7.19. The molecule has 3 rings (SSSR count). The minimum atomic E-state index is 0.0402. The number of rotatable bonds is 4. The van der Waals surface area contributed by atoms with Crippen molar-refractivity contribution in [3.05, 3.63) is 70.2 Å². The second-order valence-electron chi connectivity index (χ2n) is 5.31. The lowest BCUT2D eigenvalue weighted by Crippen LogP contribution is -2.31. The summed E-state index contributed by atoms with van der Waals surface area (Å²) in [6.45, 7) is 0.763. The molecule has 0 bridgehead atoms. The predicted molar refractivity (Wildman–Crippen MR) is 85.0 cm³/mol. The largest absolute Gasteiger partial charge is 0.373 e. The van der Waals surface area contributed by atoms with E-state index >= 15 is 0 Å². The van der Waals surface area contributed by atoms with Crippen molar-refractivity contribution in [2.24, 2.45) is 5.84 Å². The van der Waals surface area contributed by atoms with Crippen molar-refractivity contribution in [3.63, 3.8) is 0 Å². The first kappa shape index (κ1) is 14.5. The minimum absolute atomic E-state index is 0.0402. The summed E-state index contributed by atoms with van der Waals surface area (Å²) in [7, 11) is 0. The third-order valence-corrected chi connectivity index (χ3v) is 4.27. The van der Waals surface area contributed by atoms with Gasteiger partial charge in [0.1, 0.15) is 0 Å². The molecule has 1 aliphatic heterocycles. The molecule has 2 atom stereocenters. The van der Waals surface area contributed by atoms with Gasteiger partial charge in [0, 0.05) is 11.1 Å². The molecule has 21 heavy (non-hydrogen) atoms. The van der Waals surface area contributed by atoms with E-state index in [0.717, 1.165) is 30.0 Å². The molecule has 1 aliphatic rings. The molecule has 3 nitrogen and oxygen atoms in total. The molecule has 2 aromatic rings. The highest BCUT2D eigenvalue weighted by atomic mass is 35.5. The van der Waals surface area contributed by atoms with Gasteiger partial charge in [-0.25, -0.2) is 0 Å². The van der Waals surface area contributed by atoms with Crippen LogP contribution in [0, 0.1) is 0 Å². The van der Waals surface area contributed by atoms with Gasteiger partial charge in [-0.1, -0.05) is 48.0 Å². The molecular weight excluding hydrogens is 284 g/mol. The molecule has 4 heteroatoms. The summed E-state index contributed by atoms with van der Waals surface area (Å²) in [5.74, 6) is 5.74. The molecule has 110 valence electrons. The van der Waals surface area contributed by atoms with Gasteiger partial charge in [-0.2, -0.15) is 0 Å². The number of hydrogen-bond donors (Lipinski definition) is 2. The summed E-state index contributed by atoms with van der Waals surface area (Å²) >= 11 is 5.94. The second-order valence-corrected chi connectivity index (χ2v) is 5.75. The van der Waals surface area contributed by atoms with Crippen LogP contribution in [0.1, 0.15) is 35.3 Å². The van der Waals surface area contributed by atoms with Crippen molar-refractivity contribution in [2.45, 2.75) is 25.0 Å². The molecule has 2 unspecified atom stereocenters. The van der Waals surface area contributed by atoms with E-state index in [4.69, 9.17) is 22.2 Å². The van der Waals surface area contributed by atoms with Gasteiger partial charge < -0.3 is 4.74 Å². The van der Waals surface area contributed by atoms with E-state index in [9.17, 15) is 0 Å². The lowest BCUT2D eigenvalue weighted by molar-refractivity contribution is 0.0293. The number of fused-ring (bicyclic) bond motifs is 1. The zero-order valence-electron chi connectivity index (χ0n) is 11.8. The van der Waals surface area contributed by atoms with Gasteiger partial charge in [-0.15, -0.1) is 0 Å². The molecule has 0 fully saturated rings. The van der Waals surface area contributed by atoms with Gasteiger partial charge in [0.15, 0.2) is 0 Å². The van der Waals surface area contributed by atoms with Crippen molar-refractivity contribution in [1.82, 2.24) is 5.43 Å². The van der Waals surface area contributed by atoms with Crippen LogP contribution in [0.2, 0.25) is 5.02 Å². The van der Waals surface area contributed by atoms with E-state index in [0.29, 0.717) is 0 Å². The minimum Gasteiger partial charge on any atom is -0.373 e. The maximum absolute atomic E-state index is 5.96. The summed E-state index contributed by atoms with van der Waals surface area (Å²) < 4.78 is 5.96. The molecule has 0 radical (unpaired) electrons. The monoisotopic (exact) mass is 302 g/mol. The molecule has 0 spiro atoms. The predicted octanol–water partition coefficient (Wildman–Crippen LogP) is 3.55. The highest BCUT2D eigenvalue weighted by Gasteiger charge is 2.24. The van der Waals surface area contributed by atoms with Crippen LogP contribution >= 0.6 is 11.6 Å². The van der Waals surface area contributed by atoms with Gasteiger partial charge in [0.05, 0.1) is 12.7 Å². The van der Waals surface area contributed by atoms with Gasteiger partial charge in [-0.05, 0) is 41.7 Å². The van der Waals surface area contributed by atoms with Gasteiger partial charge >= 0.3 is 0 Å². The summed E-state index contributed by atoms with van der Waals surface area (Å²) in [4.78, 5) is 0. The lowest BCUT2D eigenvalue weighted by atomic mass is 9.91. The molecule has 0 aromatic heterocycles. The maximum Gasteiger partial charge on any atom is 0.0846 e. The van der Waals surface area contributed by atoms with E-state index in [1.165, 1.54) is 11.1 Å². The van der Waals surface area contributed by atoms with Crippen LogP contribution in [-0.2, 0) is 11.2 Å². The quantitative estimate of drug-likeness (QED) is 0.671. The smallest absolute Gasteiger partial charge is 0.0846 e. The van der Waals surface area contributed by atoms with Crippen LogP contribution in [-0.4, -0.2) is 6.61 Å². The van der Waals surface area contributed by atoms with Crippen LogP contribution in [0.4, 0.5) is 0 Å². The van der Waals surface area contributed by atoms with Crippen molar-refractivity contribution in [2.75, 3.05) is 6.61 Å². The number of nitrogens with one attached hydrogen (secondary N) is 1. The number of nitrogens with two attached hydrogens (primary N) is 1. The second kappa shape index (κ2) is 6.58. The molecule has 3 N–H and O–H groups in total. The maximum atomic E-state index is 5.96. The van der Waals surface area contributed by atoms with Gasteiger partial charge in [0.25, 0.3) is 0 Å². The molecule has 0 saturated carbocycles. The zero-order valence-corrected chi connectivity index (χ0v) is 12.5. The average molecular weight is 303 g/mol. The summed E-state index contributed by atoms with van der Waals surface area (Å²) in [6.07, 6.45) is 1.86. The third-order valence-electron chi connectivity index (χ3n) is 4.02. The average Bonchev–Trinajstić information content (AvgIpc) is 2.54. The van der Waals surface area contributed by atoms with Crippen LogP contribution in [0.5, 0.6) is 0 Å². The van der Waals surface area contributed by atoms with Crippen LogP contribution in [0.15, 0.2) is 48.5 Å². The third kappa shape index (κ3) is 3.27. The number of benzene rings is 2. The van der Waals surface area contributed by atoms with Crippen molar-refractivity contribution in [1.29, 1.82) is 0 Å². The molecule has 2 aromatic carbocycles. The van der Waals surface area contributed by atoms with E-state index in [-0.39, 0.29) is 12.1 Å². The Morgan fingerprint density at radius 3 is 2.71 bits per heavy atom. The standard InChI is InChI=1S/C17H19ClN2O/c18-14-7-5-13(6-8-14)16(20-19)11-17-15-4-2-1-3-12(15)9-10-21-17/h1-8,16-17,20H,9-11,19H2. The fourth-order valence-electron chi connectivity index (χ4n) is 2.88. The normalized spacial score (nSPS) is 19.0. The summed E-state index contributed by atoms with van der Waals surface area (Å²) in [5, 5.41) is 0.730. The number of hydrazine groups is 1. The van der Waals surface area contributed by atoms with E-state index < -0.39 is 0 Å². The molecule has 0 saturated heterocycles. The Kier molecular flexibility index (Phi) is 4.56. The molecule has 0 aliphatic carbocycles. The SMILES string of the molecule is NNC(CC1OCCc2ccccc21)c1ccc(Cl)cc1. The summed E-state index contributed by atoms with van der Waals surface area (Å²) in [5.41, 5.74) is 6.66. The molecular formula is C17H19ClN2O. The topological polar surface area (TPSA) is 47.3 Å². The fraction of sp³-hybridized carbons (Fsp3) is 0.294. The van der Waals surface area contributed by atoms with E-state index in [1.807, 2.05) is 24.3 Å². The number of hydrogen-bond acceptors (Lipinski definition) is 3. The Labute approximate surface area is 130 Å². The van der Waals surface area contributed by atoms with E-state index in [2.05, 4.69) is 29.7 Å². The van der Waals surface area contributed by atoms with Crippen molar-refractivity contribution >= 4 is 11.6 Å². The van der Waals surface area contributed by atoms with Crippen LogP contribution in [0.3, 0.4) is 0 Å². The highest BCUT2D eigenvalue weighted by molar-refractivity contribution is 6.30. The van der Waals surface area contributed by atoms with Crippen molar-refractivity contribution < 1.29 is 4.74 Å². The Morgan fingerprint density at radius 1 is 1.19 bits per heavy atom. The number of ether oxygens (including phenoxy) is 1. The Hall–Kier alpha value is -1.39. The van der Waals surface area contributed by atoms with Crippen LogP contribution in [0.25, 0.3) is 0 Å². The Morgan fingerprint density at radius 2 is 1.95 bits per heavy atom. The molecule has 1 heterocycles. The summed E-state index contributed by atoms with van der Waals surface area (Å²) in [6, 6.07) is 16.3. The van der Waals surface area contributed by atoms with Crippen LogP contribution < -0.4 is 11.3 Å². The lowest BCUT2D eigenvalue weighted by Gasteiger charge is -2.29. The first-order chi connectivity index (χ1) is 10.3.